The molecule has 7 nitrogen and oxygen atoms in total. The van der Waals surface area contributed by atoms with E-state index in [0.29, 0.717) is 23.7 Å². The van der Waals surface area contributed by atoms with Crippen molar-refractivity contribution in [1.29, 1.82) is 0 Å². The molecule has 2 aliphatic carbocycles. The first-order valence-corrected chi connectivity index (χ1v) is 13.6. The number of likely N-dealkylation sites (tertiary alicyclic amines) is 1. The Kier molecular flexibility index (Phi) is 8.53. The van der Waals surface area contributed by atoms with Gasteiger partial charge in [0.05, 0.1) is 6.10 Å². The summed E-state index contributed by atoms with van der Waals surface area (Å²) in [5.74, 6) is 1.89. The lowest BCUT2D eigenvalue weighted by molar-refractivity contribution is -0.128. The third-order valence-electron chi connectivity index (χ3n) is 9.10. The molecular weight excluding hydrogens is 468 g/mol. The van der Waals surface area contributed by atoms with E-state index in [4.69, 9.17) is 0 Å². The third-order valence-corrected chi connectivity index (χ3v) is 9.10. The number of amides is 2. The Bertz CT molecular complexity index is 1050. The predicted molar refractivity (Wildman–Crippen MR) is 142 cm³/mol. The number of aliphatic hydroxyl groups is 2. The number of hydrogen-bond acceptors (Lipinski definition) is 5. The summed E-state index contributed by atoms with van der Waals surface area (Å²) in [4.78, 5) is 39.0. The van der Waals surface area contributed by atoms with E-state index in [0.717, 1.165) is 23.2 Å². The van der Waals surface area contributed by atoms with E-state index in [1.54, 1.807) is 12.2 Å². The molecule has 7 heteroatoms. The Morgan fingerprint density at radius 3 is 2.59 bits per heavy atom. The molecule has 8 atom stereocenters. The van der Waals surface area contributed by atoms with E-state index in [2.05, 4.69) is 31.3 Å². The number of ketones is 1. The van der Waals surface area contributed by atoms with Crippen LogP contribution >= 0.6 is 0 Å². The SMILES string of the molecule is CCC1CC2CC3C=CC=CC(=O)NCCC(O)C4C(=O)C(=C(O)C=CC=CCC3C2C1C)C(=O)N4C. The van der Waals surface area contributed by atoms with Crippen LogP contribution in [0, 0.1) is 35.5 Å². The van der Waals surface area contributed by atoms with Gasteiger partial charge in [0, 0.05) is 19.7 Å². The van der Waals surface area contributed by atoms with Crippen LogP contribution in [0.15, 0.2) is 59.9 Å². The lowest BCUT2D eigenvalue weighted by Gasteiger charge is -2.27. The van der Waals surface area contributed by atoms with Crippen LogP contribution in [0.5, 0.6) is 0 Å². The number of nitrogens with zero attached hydrogens (tertiary/aromatic N) is 1. The number of likely N-dealkylation sites (N-methyl/N-ethyl adjacent to an activating group) is 1. The first kappa shape index (κ1) is 27.1. The summed E-state index contributed by atoms with van der Waals surface area (Å²) in [5.41, 5.74) is -0.313. The minimum Gasteiger partial charge on any atom is -0.507 e. The van der Waals surface area contributed by atoms with Crippen LogP contribution in [0.4, 0.5) is 0 Å². The van der Waals surface area contributed by atoms with E-state index in [1.165, 1.54) is 38.5 Å². The minimum absolute atomic E-state index is 0.0968. The zero-order chi connectivity index (χ0) is 26.7. The number of rotatable bonds is 1. The molecule has 2 heterocycles. The standard InChI is InChI=1S/C30H40N2O5/c1-4-19-16-21-17-20-10-8-9-13-25(35)31-15-14-24(34)28-29(36)27(30(37)32(28)3)23(33)12-7-5-6-11-22(20)26(21)18(19)2/h5-10,12-13,18-22,24,26,28,33-34H,4,11,14-17H2,1-3H3,(H,31,35). The summed E-state index contributed by atoms with van der Waals surface area (Å²) in [6.07, 6.45) is 18.0. The number of nitrogens with one attached hydrogen (secondary N) is 1. The van der Waals surface area contributed by atoms with Crippen molar-refractivity contribution < 1.29 is 24.6 Å². The Hall–Kier alpha value is -2.93. The van der Waals surface area contributed by atoms with Crippen molar-refractivity contribution in [2.75, 3.05) is 13.6 Å². The van der Waals surface area contributed by atoms with Gasteiger partial charge >= 0.3 is 0 Å². The van der Waals surface area contributed by atoms with E-state index in [1.807, 2.05) is 12.2 Å². The molecule has 0 radical (unpaired) electrons. The fourth-order valence-corrected chi connectivity index (χ4v) is 7.25. The van der Waals surface area contributed by atoms with Crippen molar-refractivity contribution in [1.82, 2.24) is 10.2 Å². The average molecular weight is 509 g/mol. The lowest BCUT2D eigenvalue weighted by atomic mass is 9.78. The third kappa shape index (κ3) is 5.52. The van der Waals surface area contributed by atoms with E-state index in [-0.39, 0.29) is 24.4 Å². The van der Waals surface area contributed by atoms with Gasteiger partial charge in [0.25, 0.3) is 5.91 Å². The normalized spacial score (nSPS) is 37.2. The molecule has 3 N–H and O–H groups in total. The van der Waals surface area contributed by atoms with Gasteiger partial charge in [-0.05, 0) is 67.3 Å². The van der Waals surface area contributed by atoms with Crippen LogP contribution in [0.2, 0.25) is 0 Å². The van der Waals surface area contributed by atoms with Crippen molar-refractivity contribution in [3.05, 3.63) is 59.9 Å². The average Bonchev–Trinajstić information content (AvgIpc) is 3.43. The summed E-state index contributed by atoms with van der Waals surface area (Å²) < 4.78 is 0. The zero-order valence-electron chi connectivity index (χ0n) is 22.0. The molecule has 1 saturated heterocycles. The summed E-state index contributed by atoms with van der Waals surface area (Å²) >= 11 is 0. The highest BCUT2D eigenvalue weighted by Gasteiger charge is 2.50. The van der Waals surface area contributed by atoms with Crippen LogP contribution in [-0.4, -0.2) is 58.4 Å². The molecule has 4 aliphatic rings. The first-order valence-electron chi connectivity index (χ1n) is 13.6. The van der Waals surface area contributed by atoms with Gasteiger partial charge in [-0.1, -0.05) is 56.7 Å². The second-order valence-corrected chi connectivity index (χ2v) is 11.1. The summed E-state index contributed by atoms with van der Waals surface area (Å²) in [7, 11) is 1.43. The fraction of sp³-hybridized carbons (Fsp3) is 0.567. The molecule has 0 aromatic heterocycles. The molecule has 8 unspecified atom stereocenters. The van der Waals surface area contributed by atoms with Crippen LogP contribution in [0.3, 0.4) is 0 Å². The van der Waals surface area contributed by atoms with Crippen molar-refractivity contribution in [3.8, 4) is 0 Å². The molecule has 0 aromatic carbocycles. The Balaban J connectivity index is 1.60. The molecule has 0 spiro atoms. The highest BCUT2D eigenvalue weighted by Crippen LogP contribution is 2.57. The van der Waals surface area contributed by atoms with Crippen LogP contribution < -0.4 is 5.32 Å². The highest BCUT2D eigenvalue weighted by atomic mass is 16.3. The molecule has 3 fully saturated rings. The first-order chi connectivity index (χ1) is 17.7. The van der Waals surface area contributed by atoms with E-state index in [9.17, 15) is 24.6 Å². The van der Waals surface area contributed by atoms with Crippen LogP contribution in [-0.2, 0) is 14.4 Å². The topological polar surface area (TPSA) is 107 Å². The molecule has 0 aromatic rings. The molecule has 2 aliphatic heterocycles. The maximum atomic E-state index is 12.9. The second kappa shape index (κ2) is 11.6. The zero-order valence-corrected chi connectivity index (χ0v) is 22.0. The van der Waals surface area contributed by atoms with E-state index < -0.39 is 29.6 Å². The summed E-state index contributed by atoms with van der Waals surface area (Å²) in [6, 6.07) is -1.10. The smallest absolute Gasteiger partial charge is 0.261 e. The van der Waals surface area contributed by atoms with Gasteiger partial charge in [0.15, 0.2) is 5.78 Å². The second-order valence-electron chi connectivity index (χ2n) is 11.1. The number of allylic oxidation sites excluding steroid dienone is 7. The molecular formula is C30H40N2O5. The van der Waals surface area contributed by atoms with Gasteiger partial charge in [-0.25, -0.2) is 0 Å². The Morgan fingerprint density at radius 1 is 1.08 bits per heavy atom. The molecule has 200 valence electrons. The number of carbonyl (C=O) groups is 3. The largest absolute Gasteiger partial charge is 0.507 e. The monoisotopic (exact) mass is 508 g/mol. The molecule has 2 saturated carbocycles. The van der Waals surface area contributed by atoms with Gasteiger partial charge < -0.3 is 20.4 Å². The highest BCUT2D eigenvalue weighted by molar-refractivity contribution is 6.27. The quantitative estimate of drug-likeness (QED) is 0.469. The van der Waals surface area contributed by atoms with Gasteiger partial charge in [-0.3, -0.25) is 14.4 Å². The minimum atomic E-state index is -1.17. The van der Waals surface area contributed by atoms with E-state index >= 15 is 0 Å². The van der Waals surface area contributed by atoms with Crippen LogP contribution in [0.1, 0.15) is 46.0 Å². The maximum Gasteiger partial charge on any atom is 0.261 e. The van der Waals surface area contributed by atoms with Gasteiger partial charge in [0.1, 0.15) is 17.4 Å². The molecule has 2 bridgehead atoms. The van der Waals surface area contributed by atoms with Crippen molar-refractivity contribution in [2.24, 2.45) is 35.5 Å². The van der Waals surface area contributed by atoms with Crippen molar-refractivity contribution in [3.63, 3.8) is 0 Å². The number of carbonyl (C=O) groups excluding carboxylic acids is 3. The van der Waals surface area contributed by atoms with Crippen molar-refractivity contribution in [2.45, 2.75) is 58.1 Å². The van der Waals surface area contributed by atoms with Crippen molar-refractivity contribution >= 4 is 17.6 Å². The lowest BCUT2D eigenvalue weighted by Crippen LogP contribution is -2.43. The van der Waals surface area contributed by atoms with Gasteiger partial charge in [-0.2, -0.15) is 0 Å². The molecule has 2 amide bonds. The predicted octanol–water partition coefficient (Wildman–Crippen LogP) is 3.64. The Labute approximate surface area is 219 Å². The number of Topliss-reactive ketones (excluding diaryl/α,β-unsaturated/α-hetero) is 1. The van der Waals surface area contributed by atoms with Crippen LogP contribution in [0.25, 0.3) is 0 Å². The number of hydrogen-bond donors (Lipinski definition) is 3. The molecule has 4 rings (SSSR count). The Morgan fingerprint density at radius 2 is 1.84 bits per heavy atom. The number of fused-ring (bicyclic) bond motifs is 5. The maximum absolute atomic E-state index is 12.9. The fourth-order valence-electron chi connectivity index (χ4n) is 7.25. The van der Waals surface area contributed by atoms with Gasteiger partial charge in [-0.15, -0.1) is 0 Å². The van der Waals surface area contributed by atoms with Gasteiger partial charge in [0.2, 0.25) is 5.91 Å². The number of aliphatic hydroxyl groups excluding tert-OH is 2. The summed E-state index contributed by atoms with van der Waals surface area (Å²) in [5, 5.41) is 23.8. The summed E-state index contributed by atoms with van der Waals surface area (Å²) in [6.45, 7) is 4.84. The molecule has 37 heavy (non-hydrogen) atoms.